The lowest BCUT2D eigenvalue weighted by Gasteiger charge is -2.18. The van der Waals surface area contributed by atoms with Crippen molar-refractivity contribution in [3.63, 3.8) is 0 Å². The number of fused-ring (bicyclic) bond motifs is 1. The fourth-order valence-electron chi connectivity index (χ4n) is 3.41. The van der Waals surface area contributed by atoms with Crippen LogP contribution >= 0.6 is 11.3 Å². The van der Waals surface area contributed by atoms with Gasteiger partial charge in [-0.3, -0.25) is 0 Å². The van der Waals surface area contributed by atoms with Crippen LogP contribution in [-0.4, -0.2) is 33.7 Å². The van der Waals surface area contributed by atoms with Crippen molar-refractivity contribution in [3.8, 4) is 16.9 Å². The van der Waals surface area contributed by atoms with E-state index in [-0.39, 0.29) is 5.92 Å². The van der Waals surface area contributed by atoms with Gasteiger partial charge in [-0.1, -0.05) is 26.0 Å². The van der Waals surface area contributed by atoms with E-state index in [0.29, 0.717) is 24.7 Å². The number of hydrogen-bond acceptors (Lipinski definition) is 6. The Balaban J connectivity index is 2.12. The zero-order valence-electron chi connectivity index (χ0n) is 17.4. The van der Waals surface area contributed by atoms with Gasteiger partial charge < -0.3 is 15.2 Å². The second kappa shape index (κ2) is 8.78. The van der Waals surface area contributed by atoms with Crippen LogP contribution in [0.4, 0.5) is 5.82 Å². The second-order valence-electron chi connectivity index (χ2n) is 7.45. The van der Waals surface area contributed by atoms with Crippen molar-refractivity contribution in [2.24, 2.45) is 5.92 Å². The van der Waals surface area contributed by atoms with Crippen LogP contribution in [0.5, 0.6) is 5.75 Å². The highest BCUT2D eigenvalue weighted by Gasteiger charge is 2.23. The summed E-state index contributed by atoms with van der Waals surface area (Å²) < 4.78 is 5.55. The van der Waals surface area contributed by atoms with E-state index < -0.39 is 12.0 Å². The van der Waals surface area contributed by atoms with Crippen LogP contribution in [0.1, 0.15) is 37.9 Å². The smallest absolute Gasteiger partial charge is 0.326 e. The summed E-state index contributed by atoms with van der Waals surface area (Å²) in [4.78, 5) is 22.9. The number of thiophene rings is 1. The van der Waals surface area contributed by atoms with Gasteiger partial charge in [0.05, 0.1) is 12.0 Å². The quantitative estimate of drug-likeness (QED) is 0.522. The molecular weight excluding hydrogens is 386 g/mol. The van der Waals surface area contributed by atoms with Crippen molar-refractivity contribution in [2.45, 2.75) is 47.1 Å². The first-order valence-electron chi connectivity index (χ1n) is 9.80. The van der Waals surface area contributed by atoms with Gasteiger partial charge >= 0.3 is 5.97 Å². The molecule has 1 unspecified atom stereocenters. The number of carboxylic acid groups (broad SMARTS) is 1. The maximum absolute atomic E-state index is 11.8. The van der Waals surface area contributed by atoms with Gasteiger partial charge in [0.25, 0.3) is 0 Å². The minimum absolute atomic E-state index is 0.247. The molecule has 0 bridgehead atoms. The summed E-state index contributed by atoms with van der Waals surface area (Å²) in [7, 11) is 0. The van der Waals surface area contributed by atoms with E-state index in [2.05, 4.69) is 22.2 Å². The molecule has 3 rings (SSSR count). The Bertz CT molecular complexity index is 1010. The minimum Gasteiger partial charge on any atom is -0.494 e. The molecule has 0 spiro atoms. The molecule has 0 radical (unpaired) electrons. The zero-order valence-corrected chi connectivity index (χ0v) is 18.3. The topological polar surface area (TPSA) is 84.3 Å². The van der Waals surface area contributed by atoms with Gasteiger partial charge in [-0.15, -0.1) is 11.3 Å². The number of carboxylic acids is 1. The lowest BCUT2D eigenvalue weighted by Crippen LogP contribution is -2.31. The molecule has 7 heteroatoms. The number of aliphatic carboxylic acids is 1. The van der Waals surface area contributed by atoms with Crippen molar-refractivity contribution in [3.05, 3.63) is 35.0 Å². The third kappa shape index (κ3) is 4.67. The van der Waals surface area contributed by atoms with Gasteiger partial charge in [0.1, 0.15) is 28.3 Å². The number of carbonyl (C=O) groups is 1. The fraction of sp³-hybridized carbons (Fsp3) is 0.409. The molecule has 0 amide bonds. The van der Waals surface area contributed by atoms with Crippen molar-refractivity contribution >= 4 is 33.3 Å². The highest BCUT2D eigenvalue weighted by molar-refractivity contribution is 7.19. The molecule has 0 aliphatic rings. The predicted octanol–water partition coefficient (Wildman–Crippen LogP) is 5.29. The minimum atomic E-state index is -0.877. The lowest BCUT2D eigenvalue weighted by molar-refractivity contribution is -0.138. The molecule has 154 valence electrons. The van der Waals surface area contributed by atoms with Gasteiger partial charge in [-0.05, 0) is 50.8 Å². The van der Waals surface area contributed by atoms with Crippen LogP contribution in [0, 0.1) is 19.8 Å². The zero-order chi connectivity index (χ0) is 21.1. The average molecular weight is 414 g/mol. The maximum atomic E-state index is 11.8. The Kier molecular flexibility index (Phi) is 6.37. The van der Waals surface area contributed by atoms with E-state index in [1.807, 2.05) is 52.0 Å². The summed E-state index contributed by atoms with van der Waals surface area (Å²) >= 11 is 1.60. The van der Waals surface area contributed by atoms with Crippen LogP contribution in [0.15, 0.2) is 24.3 Å². The van der Waals surface area contributed by atoms with Crippen molar-refractivity contribution < 1.29 is 14.6 Å². The number of rotatable bonds is 8. The summed E-state index contributed by atoms with van der Waals surface area (Å²) in [5, 5.41) is 13.7. The van der Waals surface area contributed by atoms with Gasteiger partial charge in [0, 0.05) is 10.4 Å². The molecule has 1 atom stereocenters. The van der Waals surface area contributed by atoms with E-state index in [9.17, 15) is 9.90 Å². The van der Waals surface area contributed by atoms with Gasteiger partial charge in [-0.2, -0.15) is 0 Å². The first-order chi connectivity index (χ1) is 13.8. The Labute approximate surface area is 175 Å². The summed E-state index contributed by atoms with van der Waals surface area (Å²) in [6.07, 6.45) is 0.515. The SMILES string of the molecule is CCOc1ccc(-c2c(C)sc3nc(C)nc(NC(CC(C)C)C(=O)O)c23)cc1. The van der Waals surface area contributed by atoms with Crippen LogP contribution in [0.25, 0.3) is 21.3 Å². The van der Waals surface area contributed by atoms with Crippen molar-refractivity contribution in [1.29, 1.82) is 0 Å². The summed E-state index contributed by atoms with van der Waals surface area (Å²) in [5.41, 5.74) is 2.06. The first-order valence-corrected chi connectivity index (χ1v) is 10.6. The number of nitrogens with zero attached hydrogens (tertiary/aromatic N) is 2. The molecule has 6 nitrogen and oxygen atoms in total. The Morgan fingerprint density at radius 2 is 1.90 bits per heavy atom. The summed E-state index contributed by atoms with van der Waals surface area (Å²) in [5.74, 6) is 1.39. The van der Waals surface area contributed by atoms with Crippen LogP contribution in [-0.2, 0) is 4.79 Å². The second-order valence-corrected chi connectivity index (χ2v) is 8.66. The third-order valence-corrected chi connectivity index (χ3v) is 5.61. The number of aromatic nitrogens is 2. The molecule has 2 heterocycles. The number of hydrogen-bond donors (Lipinski definition) is 2. The monoisotopic (exact) mass is 413 g/mol. The van der Waals surface area contributed by atoms with E-state index >= 15 is 0 Å². The third-order valence-electron chi connectivity index (χ3n) is 4.61. The number of ether oxygens (including phenoxy) is 1. The molecule has 0 saturated heterocycles. The number of nitrogens with one attached hydrogen (secondary N) is 1. The Hall–Kier alpha value is -2.67. The standard InChI is InChI=1S/C22H27N3O3S/c1-6-28-16-9-7-15(8-10-16)18-13(4)29-21-19(18)20(23-14(5)24-21)25-17(22(26)27)11-12(2)3/h7-10,12,17H,6,11H2,1-5H3,(H,26,27)(H,23,24,25). The number of anilines is 1. The molecule has 1 aromatic carbocycles. The van der Waals surface area contributed by atoms with Crippen molar-refractivity contribution in [2.75, 3.05) is 11.9 Å². The fourth-order valence-corrected chi connectivity index (χ4v) is 4.50. The maximum Gasteiger partial charge on any atom is 0.326 e. The Morgan fingerprint density at radius 3 is 2.48 bits per heavy atom. The van der Waals surface area contributed by atoms with Gasteiger partial charge in [-0.25, -0.2) is 14.8 Å². The largest absolute Gasteiger partial charge is 0.494 e. The lowest BCUT2D eigenvalue weighted by atomic mass is 10.0. The molecule has 0 saturated carbocycles. The molecule has 0 aliphatic heterocycles. The predicted molar refractivity (Wildman–Crippen MR) is 118 cm³/mol. The van der Waals surface area contributed by atoms with Crippen LogP contribution in [0.2, 0.25) is 0 Å². The summed E-state index contributed by atoms with van der Waals surface area (Å²) in [6, 6.07) is 7.23. The van der Waals surface area contributed by atoms with Gasteiger partial charge in [0.15, 0.2) is 0 Å². The van der Waals surface area contributed by atoms with Crippen molar-refractivity contribution in [1.82, 2.24) is 9.97 Å². The molecule has 0 fully saturated rings. The van der Waals surface area contributed by atoms with Crippen LogP contribution < -0.4 is 10.1 Å². The number of aryl methyl sites for hydroxylation is 2. The average Bonchev–Trinajstić information content (AvgIpc) is 2.97. The summed E-state index contributed by atoms with van der Waals surface area (Å²) in [6.45, 7) is 10.5. The first kappa shape index (κ1) is 21.0. The van der Waals surface area contributed by atoms with Gasteiger partial charge in [0.2, 0.25) is 0 Å². The highest BCUT2D eigenvalue weighted by Crippen LogP contribution is 2.41. The van der Waals surface area contributed by atoms with E-state index in [4.69, 9.17) is 4.74 Å². The molecule has 3 aromatic rings. The van der Waals surface area contributed by atoms with Crippen LogP contribution in [0.3, 0.4) is 0 Å². The van der Waals surface area contributed by atoms with E-state index in [1.54, 1.807) is 11.3 Å². The molecule has 2 N–H and O–H groups in total. The van der Waals surface area contributed by atoms with E-state index in [1.165, 1.54) is 0 Å². The molecule has 29 heavy (non-hydrogen) atoms. The normalized spacial score (nSPS) is 12.3. The molecule has 0 aliphatic carbocycles. The Morgan fingerprint density at radius 1 is 1.21 bits per heavy atom. The molecule has 2 aromatic heterocycles. The van der Waals surface area contributed by atoms with E-state index in [0.717, 1.165) is 32.0 Å². The molecular formula is C22H27N3O3S. The highest BCUT2D eigenvalue weighted by atomic mass is 32.1. The number of benzene rings is 1.